The van der Waals surface area contributed by atoms with Crippen molar-refractivity contribution in [1.29, 1.82) is 0 Å². The lowest BCUT2D eigenvalue weighted by Gasteiger charge is -2.29. The summed E-state index contributed by atoms with van der Waals surface area (Å²) in [7, 11) is 0. The standard InChI is InChI=1S/C20H21N3O5/c1-12(2)15-6-4-5-13(3)20(15)21-18(24)10-22-16-9-14(23(26)27)7-8-17(16)28-11-19(22)25/h4-9,12H,10-11H2,1-3H3,(H,21,24). The van der Waals surface area contributed by atoms with Gasteiger partial charge in [0, 0.05) is 17.8 Å². The molecule has 0 aliphatic carbocycles. The van der Waals surface area contributed by atoms with Crippen molar-refractivity contribution in [2.45, 2.75) is 26.7 Å². The summed E-state index contributed by atoms with van der Waals surface area (Å²) in [6.07, 6.45) is 0. The molecule has 1 aliphatic rings. The van der Waals surface area contributed by atoms with Crippen molar-refractivity contribution in [2.75, 3.05) is 23.4 Å². The minimum absolute atomic E-state index is 0.177. The Hall–Kier alpha value is -3.42. The fraction of sp³-hybridized carbons (Fsp3) is 0.300. The maximum atomic E-state index is 12.7. The molecule has 0 aromatic heterocycles. The fourth-order valence-corrected chi connectivity index (χ4v) is 3.14. The molecule has 0 spiro atoms. The molecular formula is C20H21N3O5. The Morgan fingerprint density at radius 3 is 2.75 bits per heavy atom. The summed E-state index contributed by atoms with van der Waals surface area (Å²) in [4.78, 5) is 36.7. The number of benzene rings is 2. The molecule has 2 aromatic carbocycles. The van der Waals surface area contributed by atoms with Crippen LogP contribution in [0.4, 0.5) is 17.1 Å². The highest BCUT2D eigenvalue weighted by Crippen LogP contribution is 2.35. The molecule has 0 unspecified atom stereocenters. The van der Waals surface area contributed by atoms with Crippen LogP contribution >= 0.6 is 0 Å². The molecule has 146 valence electrons. The number of fused-ring (bicyclic) bond motifs is 1. The summed E-state index contributed by atoms with van der Waals surface area (Å²) >= 11 is 0. The summed E-state index contributed by atoms with van der Waals surface area (Å²) in [6.45, 7) is 5.48. The Bertz CT molecular complexity index is 955. The zero-order valence-corrected chi connectivity index (χ0v) is 15.9. The fourth-order valence-electron chi connectivity index (χ4n) is 3.14. The SMILES string of the molecule is Cc1cccc(C(C)C)c1NC(=O)CN1C(=O)COc2ccc([N+](=O)[O-])cc21. The Morgan fingerprint density at radius 1 is 1.32 bits per heavy atom. The average Bonchev–Trinajstić information content (AvgIpc) is 2.65. The van der Waals surface area contributed by atoms with Crippen LogP contribution in [0.3, 0.4) is 0 Å². The van der Waals surface area contributed by atoms with Gasteiger partial charge in [-0.3, -0.25) is 24.6 Å². The number of nitro benzene ring substituents is 1. The first-order chi connectivity index (χ1) is 13.3. The second-order valence-corrected chi connectivity index (χ2v) is 6.92. The molecule has 1 aliphatic heterocycles. The van der Waals surface area contributed by atoms with E-state index < -0.39 is 10.8 Å². The summed E-state index contributed by atoms with van der Waals surface area (Å²) < 4.78 is 5.32. The van der Waals surface area contributed by atoms with Crippen LogP contribution in [0, 0.1) is 17.0 Å². The molecule has 8 nitrogen and oxygen atoms in total. The number of hydrogen-bond acceptors (Lipinski definition) is 5. The predicted molar refractivity (Wildman–Crippen MR) is 105 cm³/mol. The first-order valence-electron chi connectivity index (χ1n) is 8.89. The number of ether oxygens (including phenoxy) is 1. The molecule has 1 heterocycles. The highest BCUT2D eigenvalue weighted by Gasteiger charge is 2.29. The maximum absolute atomic E-state index is 12.7. The Labute approximate surface area is 162 Å². The minimum atomic E-state index is -0.556. The molecule has 0 fully saturated rings. The largest absolute Gasteiger partial charge is 0.482 e. The van der Waals surface area contributed by atoms with Gasteiger partial charge in [0.1, 0.15) is 12.3 Å². The summed E-state index contributed by atoms with van der Waals surface area (Å²) in [6, 6.07) is 9.76. The molecule has 28 heavy (non-hydrogen) atoms. The minimum Gasteiger partial charge on any atom is -0.482 e. The van der Waals surface area contributed by atoms with Crippen LogP contribution in [0.5, 0.6) is 5.75 Å². The zero-order valence-electron chi connectivity index (χ0n) is 15.9. The van der Waals surface area contributed by atoms with E-state index in [1.54, 1.807) is 0 Å². The van der Waals surface area contributed by atoms with Crippen LogP contribution in [-0.4, -0.2) is 29.9 Å². The van der Waals surface area contributed by atoms with Crippen molar-refractivity contribution in [3.05, 3.63) is 57.6 Å². The van der Waals surface area contributed by atoms with E-state index in [1.807, 2.05) is 39.0 Å². The first kappa shape index (κ1) is 19.3. The number of non-ortho nitro benzene ring substituents is 1. The summed E-state index contributed by atoms with van der Waals surface area (Å²) in [5.41, 5.74) is 2.68. The second kappa shape index (κ2) is 7.67. The van der Waals surface area contributed by atoms with Crippen LogP contribution in [-0.2, 0) is 9.59 Å². The number of nitrogens with zero attached hydrogens (tertiary/aromatic N) is 2. The lowest BCUT2D eigenvalue weighted by Crippen LogP contribution is -2.43. The summed E-state index contributed by atoms with van der Waals surface area (Å²) in [5.74, 6) is -0.277. The van der Waals surface area contributed by atoms with Gasteiger partial charge in [-0.1, -0.05) is 32.0 Å². The molecule has 2 amide bonds. The number of aryl methyl sites for hydroxylation is 1. The van der Waals surface area contributed by atoms with Crippen LogP contribution in [0.25, 0.3) is 0 Å². The van der Waals surface area contributed by atoms with Gasteiger partial charge in [-0.25, -0.2) is 0 Å². The van der Waals surface area contributed by atoms with Crippen LogP contribution in [0.2, 0.25) is 0 Å². The number of nitro groups is 1. The van der Waals surface area contributed by atoms with E-state index in [0.29, 0.717) is 5.75 Å². The van der Waals surface area contributed by atoms with E-state index >= 15 is 0 Å². The van der Waals surface area contributed by atoms with Crippen molar-refractivity contribution in [3.63, 3.8) is 0 Å². The van der Waals surface area contributed by atoms with Gasteiger partial charge in [-0.15, -0.1) is 0 Å². The molecule has 0 saturated heterocycles. The van der Waals surface area contributed by atoms with Gasteiger partial charge < -0.3 is 10.1 Å². The highest BCUT2D eigenvalue weighted by atomic mass is 16.6. The highest BCUT2D eigenvalue weighted by molar-refractivity contribution is 6.05. The van der Waals surface area contributed by atoms with E-state index in [0.717, 1.165) is 16.8 Å². The van der Waals surface area contributed by atoms with E-state index in [9.17, 15) is 19.7 Å². The Kier molecular flexibility index (Phi) is 5.30. The first-order valence-corrected chi connectivity index (χ1v) is 8.89. The normalized spacial score (nSPS) is 13.1. The Morgan fingerprint density at radius 2 is 2.07 bits per heavy atom. The molecule has 0 radical (unpaired) electrons. The van der Waals surface area contributed by atoms with Gasteiger partial charge in [0.05, 0.1) is 10.6 Å². The average molecular weight is 383 g/mol. The topological polar surface area (TPSA) is 102 Å². The maximum Gasteiger partial charge on any atom is 0.271 e. The third-order valence-corrected chi connectivity index (χ3v) is 4.59. The van der Waals surface area contributed by atoms with Crippen LogP contribution in [0.15, 0.2) is 36.4 Å². The van der Waals surface area contributed by atoms with Crippen molar-refractivity contribution in [1.82, 2.24) is 0 Å². The number of carbonyl (C=O) groups is 2. The van der Waals surface area contributed by atoms with Crippen molar-refractivity contribution >= 4 is 28.9 Å². The van der Waals surface area contributed by atoms with Gasteiger partial charge >= 0.3 is 0 Å². The molecular weight excluding hydrogens is 362 g/mol. The molecule has 2 aromatic rings. The number of anilines is 2. The predicted octanol–water partition coefficient (Wildman–Crippen LogP) is 3.39. The molecule has 1 N–H and O–H groups in total. The summed E-state index contributed by atoms with van der Waals surface area (Å²) in [5, 5.41) is 13.9. The monoisotopic (exact) mass is 383 g/mol. The van der Waals surface area contributed by atoms with E-state index in [1.165, 1.54) is 23.1 Å². The smallest absolute Gasteiger partial charge is 0.271 e. The lowest BCUT2D eigenvalue weighted by molar-refractivity contribution is -0.384. The van der Waals surface area contributed by atoms with Crippen molar-refractivity contribution in [3.8, 4) is 5.75 Å². The number of rotatable bonds is 5. The number of amides is 2. The number of nitrogens with one attached hydrogen (secondary N) is 1. The second-order valence-electron chi connectivity index (χ2n) is 6.92. The molecule has 3 rings (SSSR count). The van der Waals surface area contributed by atoms with Crippen molar-refractivity contribution in [2.24, 2.45) is 0 Å². The third kappa shape index (κ3) is 3.80. The molecule has 0 bridgehead atoms. The number of para-hydroxylation sites is 1. The van der Waals surface area contributed by atoms with E-state index in [4.69, 9.17) is 4.74 Å². The van der Waals surface area contributed by atoms with Crippen molar-refractivity contribution < 1.29 is 19.2 Å². The quantitative estimate of drug-likeness (QED) is 0.630. The molecule has 8 heteroatoms. The molecule has 0 saturated carbocycles. The van der Waals surface area contributed by atoms with Gasteiger partial charge in [-0.2, -0.15) is 0 Å². The van der Waals surface area contributed by atoms with Gasteiger partial charge in [0.25, 0.3) is 11.6 Å². The number of carbonyl (C=O) groups excluding carboxylic acids is 2. The number of hydrogen-bond donors (Lipinski definition) is 1. The lowest BCUT2D eigenvalue weighted by atomic mass is 9.98. The van der Waals surface area contributed by atoms with Gasteiger partial charge in [-0.05, 0) is 30.0 Å². The van der Waals surface area contributed by atoms with Crippen LogP contribution in [0.1, 0.15) is 30.9 Å². The zero-order chi connectivity index (χ0) is 20.4. The third-order valence-electron chi connectivity index (χ3n) is 4.59. The van der Waals surface area contributed by atoms with Gasteiger partial charge in [0.15, 0.2) is 6.61 Å². The van der Waals surface area contributed by atoms with E-state index in [-0.39, 0.29) is 36.4 Å². The van der Waals surface area contributed by atoms with Gasteiger partial charge in [0.2, 0.25) is 5.91 Å². The molecule has 0 atom stereocenters. The van der Waals surface area contributed by atoms with Crippen LogP contribution < -0.4 is 15.0 Å². The van der Waals surface area contributed by atoms with E-state index in [2.05, 4.69) is 5.32 Å². The Balaban J connectivity index is 1.87.